The second kappa shape index (κ2) is 9.79. The summed E-state index contributed by atoms with van der Waals surface area (Å²) in [5.74, 6) is -0.323. The molecule has 1 aromatic heterocycles. The van der Waals surface area contributed by atoms with Crippen molar-refractivity contribution in [3.05, 3.63) is 87.6 Å². The average Bonchev–Trinajstić information content (AvgIpc) is 3.26. The molecule has 0 saturated heterocycles. The summed E-state index contributed by atoms with van der Waals surface area (Å²) in [6.07, 6.45) is 0. The Kier molecular flexibility index (Phi) is 6.91. The molecule has 0 atom stereocenters. The van der Waals surface area contributed by atoms with Gasteiger partial charge in [0.1, 0.15) is 5.75 Å². The molecule has 29 heavy (non-hydrogen) atoms. The number of thiophene rings is 1. The van der Waals surface area contributed by atoms with Crippen LogP contribution in [0.3, 0.4) is 0 Å². The third-order valence-electron chi connectivity index (χ3n) is 4.02. The fraction of sp³-hybridized carbons (Fsp3) is 0.143. The highest BCUT2D eigenvalue weighted by Gasteiger charge is 2.08. The number of hydrogen-bond donors (Lipinski definition) is 2. The van der Waals surface area contributed by atoms with Crippen molar-refractivity contribution in [2.75, 3.05) is 0 Å². The summed E-state index contributed by atoms with van der Waals surface area (Å²) in [6.45, 7) is -2.24. The van der Waals surface area contributed by atoms with Gasteiger partial charge in [-0.05, 0) is 46.8 Å². The Bertz CT molecular complexity index is 943. The predicted octanol–water partition coefficient (Wildman–Crippen LogP) is 4.21. The van der Waals surface area contributed by atoms with Gasteiger partial charge in [-0.2, -0.15) is 8.78 Å². The molecule has 0 aliphatic carbocycles. The zero-order valence-corrected chi connectivity index (χ0v) is 16.0. The molecule has 2 N–H and O–H groups in total. The van der Waals surface area contributed by atoms with Gasteiger partial charge in [0.05, 0.1) is 4.88 Å². The number of hydrogen-bond acceptors (Lipinski definition) is 4. The number of ether oxygens (including phenoxy) is 1. The third kappa shape index (κ3) is 6.11. The summed E-state index contributed by atoms with van der Waals surface area (Å²) in [5, 5.41) is 7.44. The van der Waals surface area contributed by atoms with E-state index in [1.807, 2.05) is 11.4 Å². The number of nitrogens with one attached hydrogen (secondary N) is 2. The van der Waals surface area contributed by atoms with E-state index in [2.05, 4.69) is 15.4 Å². The van der Waals surface area contributed by atoms with Gasteiger partial charge in [0, 0.05) is 18.7 Å². The van der Waals surface area contributed by atoms with E-state index in [0.717, 1.165) is 11.1 Å². The first-order valence-corrected chi connectivity index (χ1v) is 9.62. The molecule has 3 aromatic rings. The van der Waals surface area contributed by atoms with Crippen LogP contribution >= 0.6 is 11.3 Å². The largest absolute Gasteiger partial charge is 0.435 e. The first kappa shape index (κ1) is 20.5. The van der Waals surface area contributed by atoms with Crippen LogP contribution in [0.5, 0.6) is 5.75 Å². The molecule has 0 aliphatic heterocycles. The Hall–Kier alpha value is -3.26. The second-order valence-corrected chi connectivity index (χ2v) is 7.01. The van der Waals surface area contributed by atoms with Crippen molar-refractivity contribution < 1.29 is 23.1 Å². The minimum absolute atomic E-state index is 0.0665. The predicted molar refractivity (Wildman–Crippen MR) is 106 cm³/mol. The zero-order valence-electron chi connectivity index (χ0n) is 15.2. The van der Waals surface area contributed by atoms with Gasteiger partial charge in [0.15, 0.2) is 0 Å². The number of carbonyl (C=O) groups excluding carboxylic acids is 2. The lowest BCUT2D eigenvalue weighted by Gasteiger charge is -2.08. The summed E-state index contributed by atoms with van der Waals surface area (Å²) in [6, 6.07) is 16.6. The average molecular weight is 416 g/mol. The molecule has 3 rings (SSSR count). The number of rotatable bonds is 8. The van der Waals surface area contributed by atoms with Crippen LogP contribution in [-0.2, 0) is 13.1 Å². The maximum Gasteiger partial charge on any atom is 0.387 e. The van der Waals surface area contributed by atoms with Crippen LogP contribution in [0.1, 0.15) is 31.2 Å². The molecule has 1 heterocycles. The van der Waals surface area contributed by atoms with Gasteiger partial charge in [0.2, 0.25) is 0 Å². The van der Waals surface area contributed by atoms with E-state index in [-0.39, 0.29) is 24.1 Å². The molecule has 5 nitrogen and oxygen atoms in total. The summed E-state index contributed by atoms with van der Waals surface area (Å²) < 4.78 is 28.6. The van der Waals surface area contributed by atoms with Crippen LogP contribution < -0.4 is 15.4 Å². The lowest BCUT2D eigenvalue weighted by atomic mass is 10.1. The van der Waals surface area contributed by atoms with E-state index >= 15 is 0 Å². The Morgan fingerprint density at radius 2 is 1.45 bits per heavy atom. The first-order chi connectivity index (χ1) is 14.0. The van der Waals surface area contributed by atoms with Crippen molar-refractivity contribution >= 4 is 23.2 Å². The van der Waals surface area contributed by atoms with E-state index < -0.39 is 6.61 Å². The van der Waals surface area contributed by atoms with Gasteiger partial charge in [-0.25, -0.2) is 0 Å². The molecule has 0 saturated carbocycles. The van der Waals surface area contributed by atoms with Gasteiger partial charge in [-0.3, -0.25) is 9.59 Å². The van der Waals surface area contributed by atoms with Gasteiger partial charge < -0.3 is 15.4 Å². The van der Waals surface area contributed by atoms with Crippen LogP contribution in [-0.4, -0.2) is 18.4 Å². The third-order valence-corrected chi connectivity index (χ3v) is 4.88. The topological polar surface area (TPSA) is 67.4 Å². The van der Waals surface area contributed by atoms with Crippen LogP contribution in [0.4, 0.5) is 8.78 Å². The van der Waals surface area contributed by atoms with E-state index in [0.29, 0.717) is 17.0 Å². The maximum absolute atomic E-state index is 12.3. The molecule has 0 unspecified atom stereocenters. The fourth-order valence-corrected chi connectivity index (χ4v) is 3.16. The maximum atomic E-state index is 12.3. The summed E-state index contributed by atoms with van der Waals surface area (Å²) >= 11 is 1.37. The lowest BCUT2D eigenvalue weighted by Crippen LogP contribution is -2.23. The Balaban J connectivity index is 1.48. The number of alkyl halides is 2. The van der Waals surface area contributed by atoms with Crippen molar-refractivity contribution in [3.63, 3.8) is 0 Å². The van der Waals surface area contributed by atoms with E-state index in [1.165, 1.54) is 23.5 Å². The summed E-state index contributed by atoms with van der Waals surface area (Å²) in [5.41, 5.74) is 2.12. The monoisotopic (exact) mass is 416 g/mol. The van der Waals surface area contributed by atoms with Gasteiger partial charge in [-0.1, -0.05) is 30.3 Å². The van der Waals surface area contributed by atoms with Gasteiger partial charge in [-0.15, -0.1) is 11.3 Å². The Morgan fingerprint density at radius 1 is 0.862 bits per heavy atom. The minimum Gasteiger partial charge on any atom is -0.435 e. The summed E-state index contributed by atoms with van der Waals surface area (Å²) in [4.78, 5) is 24.8. The molecule has 0 fully saturated rings. The SMILES string of the molecule is O=C(NCc1ccc(OC(F)F)cc1)c1ccc(CNC(=O)c2cccs2)cc1. The van der Waals surface area contributed by atoms with Crippen molar-refractivity contribution in [1.82, 2.24) is 10.6 Å². The molecule has 0 radical (unpaired) electrons. The van der Waals surface area contributed by atoms with Crippen LogP contribution in [0.15, 0.2) is 66.0 Å². The molecule has 2 aromatic carbocycles. The molecular weight excluding hydrogens is 398 g/mol. The van der Waals surface area contributed by atoms with Gasteiger partial charge in [0.25, 0.3) is 11.8 Å². The first-order valence-electron chi connectivity index (χ1n) is 8.74. The Labute approximate surface area is 170 Å². The molecule has 0 aliphatic rings. The van der Waals surface area contributed by atoms with E-state index in [1.54, 1.807) is 42.5 Å². The molecule has 150 valence electrons. The minimum atomic E-state index is -2.87. The van der Waals surface area contributed by atoms with Crippen molar-refractivity contribution in [2.24, 2.45) is 0 Å². The molecule has 8 heteroatoms. The highest BCUT2D eigenvalue weighted by Crippen LogP contribution is 2.15. The highest BCUT2D eigenvalue weighted by molar-refractivity contribution is 7.12. The second-order valence-electron chi connectivity index (χ2n) is 6.06. The lowest BCUT2D eigenvalue weighted by molar-refractivity contribution is -0.0498. The number of benzene rings is 2. The number of halogens is 2. The number of amides is 2. The number of carbonyl (C=O) groups is 2. The molecule has 0 spiro atoms. The fourth-order valence-electron chi connectivity index (χ4n) is 2.52. The van der Waals surface area contributed by atoms with Crippen LogP contribution in [0.2, 0.25) is 0 Å². The van der Waals surface area contributed by atoms with Crippen molar-refractivity contribution in [2.45, 2.75) is 19.7 Å². The molecular formula is C21H18F2N2O3S. The smallest absolute Gasteiger partial charge is 0.387 e. The van der Waals surface area contributed by atoms with E-state index in [4.69, 9.17) is 0 Å². The van der Waals surface area contributed by atoms with Crippen molar-refractivity contribution in [1.29, 1.82) is 0 Å². The molecule has 2 amide bonds. The van der Waals surface area contributed by atoms with Crippen LogP contribution in [0, 0.1) is 0 Å². The quantitative estimate of drug-likeness (QED) is 0.578. The highest BCUT2D eigenvalue weighted by atomic mass is 32.1. The van der Waals surface area contributed by atoms with Gasteiger partial charge >= 0.3 is 6.61 Å². The molecule has 0 bridgehead atoms. The summed E-state index contributed by atoms with van der Waals surface area (Å²) in [7, 11) is 0. The zero-order chi connectivity index (χ0) is 20.6. The Morgan fingerprint density at radius 3 is 2.00 bits per heavy atom. The van der Waals surface area contributed by atoms with Crippen LogP contribution in [0.25, 0.3) is 0 Å². The van der Waals surface area contributed by atoms with Crippen molar-refractivity contribution in [3.8, 4) is 5.75 Å². The van der Waals surface area contributed by atoms with E-state index in [9.17, 15) is 18.4 Å². The normalized spacial score (nSPS) is 10.6. The standard InChI is InChI=1S/C21H18F2N2O3S/c22-21(23)28-17-9-5-15(6-10-17)12-24-19(26)16-7-3-14(4-8-16)13-25-20(27)18-2-1-11-29-18/h1-11,21H,12-13H2,(H,24,26)(H,25,27).